The number of benzene rings is 2. The summed E-state index contributed by atoms with van der Waals surface area (Å²) in [6.07, 6.45) is 5.24. The Kier molecular flexibility index (Phi) is 4.31. The number of allylic oxidation sites excluding steroid dienone is 1. The minimum atomic E-state index is -0.411. The second-order valence-corrected chi connectivity index (χ2v) is 6.71. The third-order valence-electron chi connectivity index (χ3n) is 4.31. The van der Waals surface area contributed by atoms with E-state index in [1.807, 2.05) is 18.2 Å². The van der Waals surface area contributed by atoms with Gasteiger partial charge in [0, 0.05) is 11.6 Å². The molecule has 1 atom stereocenters. The Labute approximate surface area is 164 Å². The van der Waals surface area contributed by atoms with E-state index in [9.17, 15) is 5.26 Å². The molecule has 0 aromatic heterocycles. The van der Waals surface area contributed by atoms with E-state index < -0.39 is 5.92 Å². The van der Waals surface area contributed by atoms with E-state index in [0.717, 1.165) is 15.6 Å². The lowest BCUT2D eigenvalue weighted by atomic mass is 9.83. The van der Waals surface area contributed by atoms with E-state index in [0.29, 0.717) is 28.6 Å². The van der Waals surface area contributed by atoms with Gasteiger partial charge in [0.1, 0.15) is 29.7 Å². The first-order valence-electron chi connectivity index (χ1n) is 7.99. The molecule has 27 heavy (non-hydrogen) atoms. The number of fused-ring (bicyclic) bond motifs is 2. The first kappa shape index (κ1) is 17.1. The molecule has 0 aliphatic carbocycles. The molecule has 0 spiro atoms. The summed E-state index contributed by atoms with van der Waals surface area (Å²) < 4.78 is 22.7. The smallest absolute Gasteiger partial charge is 0.231 e. The Morgan fingerprint density at radius 1 is 1.22 bits per heavy atom. The first-order chi connectivity index (χ1) is 13.1. The molecule has 2 aromatic carbocycles. The average Bonchev–Trinajstić information content (AvgIpc) is 3.11. The lowest BCUT2D eigenvalue weighted by Crippen LogP contribution is -2.21. The van der Waals surface area contributed by atoms with Crippen molar-refractivity contribution in [2.24, 2.45) is 5.73 Å². The summed E-state index contributed by atoms with van der Waals surface area (Å²) in [5, 5.41) is 9.67. The molecule has 6 nitrogen and oxygen atoms in total. The molecule has 4 rings (SSSR count). The Morgan fingerprint density at radius 3 is 2.70 bits per heavy atom. The molecule has 7 heteroatoms. The van der Waals surface area contributed by atoms with Gasteiger partial charge in [-0.1, -0.05) is 12.0 Å². The number of rotatable bonds is 3. The van der Waals surface area contributed by atoms with Gasteiger partial charge in [-0.2, -0.15) is 5.26 Å². The summed E-state index contributed by atoms with van der Waals surface area (Å²) in [4.78, 5) is 0. The molecule has 0 saturated carbocycles. The van der Waals surface area contributed by atoms with Gasteiger partial charge in [0.2, 0.25) is 12.7 Å². The summed E-state index contributed by atoms with van der Waals surface area (Å²) in [7, 11) is 0. The fourth-order valence-electron chi connectivity index (χ4n) is 3.12. The van der Waals surface area contributed by atoms with Crippen molar-refractivity contribution in [3.63, 3.8) is 0 Å². The molecule has 134 valence electrons. The number of nitrogens with zero attached hydrogens (tertiary/aromatic N) is 1. The molecule has 2 N–H and O–H groups in total. The number of terminal acetylenes is 1. The molecule has 0 bridgehead atoms. The predicted molar refractivity (Wildman–Crippen MR) is 100 cm³/mol. The van der Waals surface area contributed by atoms with Crippen LogP contribution in [-0.4, -0.2) is 13.4 Å². The summed E-state index contributed by atoms with van der Waals surface area (Å²) >= 11 is 3.49. The van der Waals surface area contributed by atoms with Gasteiger partial charge in [0.25, 0.3) is 0 Å². The minimum Gasteiger partial charge on any atom is -0.480 e. The Morgan fingerprint density at radius 2 is 2.00 bits per heavy atom. The van der Waals surface area contributed by atoms with Gasteiger partial charge < -0.3 is 24.7 Å². The van der Waals surface area contributed by atoms with E-state index >= 15 is 0 Å². The zero-order chi connectivity index (χ0) is 19.0. The summed E-state index contributed by atoms with van der Waals surface area (Å²) in [5.74, 6) is 4.42. The van der Waals surface area contributed by atoms with Crippen molar-refractivity contribution in [2.45, 2.75) is 5.92 Å². The van der Waals surface area contributed by atoms with Crippen molar-refractivity contribution in [3.8, 4) is 41.4 Å². The van der Waals surface area contributed by atoms with E-state index in [1.54, 1.807) is 12.1 Å². The van der Waals surface area contributed by atoms with Gasteiger partial charge >= 0.3 is 0 Å². The van der Waals surface area contributed by atoms with E-state index in [4.69, 9.17) is 31.1 Å². The number of nitriles is 1. The zero-order valence-electron chi connectivity index (χ0n) is 14.0. The van der Waals surface area contributed by atoms with Crippen LogP contribution >= 0.6 is 15.9 Å². The highest BCUT2D eigenvalue weighted by Gasteiger charge is 2.33. The van der Waals surface area contributed by atoms with Crippen LogP contribution in [0.15, 0.2) is 46.3 Å². The number of hydrogen-bond acceptors (Lipinski definition) is 6. The van der Waals surface area contributed by atoms with Crippen LogP contribution in [0.4, 0.5) is 0 Å². The topological polar surface area (TPSA) is 86.7 Å². The van der Waals surface area contributed by atoms with Gasteiger partial charge in [0.15, 0.2) is 11.5 Å². The Hall–Kier alpha value is -3.29. The second-order valence-electron chi connectivity index (χ2n) is 5.85. The maximum absolute atomic E-state index is 9.67. The third-order valence-corrected chi connectivity index (χ3v) is 4.93. The molecule has 2 heterocycles. The highest BCUT2D eigenvalue weighted by atomic mass is 79.9. The molecule has 0 amide bonds. The van der Waals surface area contributed by atoms with Crippen molar-refractivity contribution in [2.75, 3.05) is 13.4 Å². The van der Waals surface area contributed by atoms with Gasteiger partial charge in [-0.3, -0.25) is 0 Å². The molecule has 2 aromatic rings. The SMILES string of the molecule is C#CCOc1ccc([C@H]2C(C#N)=C(N)Oc3cc4c(cc32)OCO4)cc1Br. The normalized spacial score (nSPS) is 16.8. The summed E-state index contributed by atoms with van der Waals surface area (Å²) in [6.45, 7) is 0.307. The molecule has 0 unspecified atom stereocenters. The first-order valence-corrected chi connectivity index (χ1v) is 8.78. The summed E-state index contributed by atoms with van der Waals surface area (Å²) in [5.41, 5.74) is 7.96. The molecular weight excluding hydrogens is 412 g/mol. The molecule has 2 aliphatic heterocycles. The van der Waals surface area contributed by atoms with E-state index in [1.165, 1.54) is 0 Å². The van der Waals surface area contributed by atoms with Crippen LogP contribution in [0.2, 0.25) is 0 Å². The van der Waals surface area contributed by atoms with E-state index in [-0.39, 0.29) is 19.3 Å². The lowest BCUT2D eigenvalue weighted by molar-refractivity contribution is 0.174. The van der Waals surface area contributed by atoms with Crippen LogP contribution in [-0.2, 0) is 0 Å². The fourth-order valence-corrected chi connectivity index (χ4v) is 3.63. The van der Waals surface area contributed by atoms with Crippen LogP contribution in [0.1, 0.15) is 17.0 Å². The van der Waals surface area contributed by atoms with Gasteiger partial charge in [-0.25, -0.2) is 0 Å². The van der Waals surface area contributed by atoms with Crippen molar-refractivity contribution >= 4 is 15.9 Å². The third kappa shape index (κ3) is 2.92. The number of hydrogen-bond donors (Lipinski definition) is 1. The maximum Gasteiger partial charge on any atom is 0.231 e. The van der Waals surface area contributed by atoms with Crippen molar-refractivity contribution < 1.29 is 18.9 Å². The quantitative estimate of drug-likeness (QED) is 0.759. The molecule has 2 aliphatic rings. The zero-order valence-corrected chi connectivity index (χ0v) is 15.6. The van der Waals surface area contributed by atoms with Crippen LogP contribution in [0, 0.1) is 23.7 Å². The summed E-state index contributed by atoms with van der Waals surface area (Å²) in [6, 6.07) is 11.3. The van der Waals surface area contributed by atoms with Crippen molar-refractivity contribution in [1.82, 2.24) is 0 Å². The molecule has 0 fully saturated rings. The monoisotopic (exact) mass is 424 g/mol. The maximum atomic E-state index is 9.67. The standard InChI is InChI=1S/C20H13BrN2O4/c1-2-5-24-15-4-3-11(6-14(15)21)19-12-7-17-18(26-10-25-17)8-16(12)27-20(23)13(19)9-22/h1,3-4,6-8,19H,5,10,23H2/t19-/m1/s1. The van der Waals surface area contributed by atoms with Crippen LogP contribution in [0.3, 0.4) is 0 Å². The van der Waals surface area contributed by atoms with Crippen molar-refractivity contribution in [3.05, 3.63) is 57.4 Å². The highest BCUT2D eigenvalue weighted by Crippen LogP contribution is 2.48. The van der Waals surface area contributed by atoms with E-state index in [2.05, 4.69) is 27.9 Å². The van der Waals surface area contributed by atoms with Gasteiger partial charge in [-0.15, -0.1) is 6.42 Å². The molecule has 0 saturated heterocycles. The largest absolute Gasteiger partial charge is 0.480 e. The Bertz CT molecular complexity index is 1050. The fraction of sp³-hybridized carbons (Fsp3) is 0.150. The average molecular weight is 425 g/mol. The van der Waals surface area contributed by atoms with Crippen molar-refractivity contribution in [1.29, 1.82) is 5.26 Å². The number of halogens is 1. The highest BCUT2D eigenvalue weighted by molar-refractivity contribution is 9.10. The lowest BCUT2D eigenvalue weighted by Gasteiger charge is -2.27. The number of nitrogens with two attached hydrogens (primary N) is 1. The van der Waals surface area contributed by atoms with Gasteiger partial charge in [-0.05, 0) is 39.7 Å². The van der Waals surface area contributed by atoms with Crippen LogP contribution in [0.5, 0.6) is 23.0 Å². The predicted octanol–water partition coefficient (Wildman–Crippen LogP) is 3.41. The minimum absolute atomic E-state index is 0.0673. The molecular formula is C20H13BrN2O4. The second kappa shape index (κ2) is 6.79. The van der Waals surface area contributed by atoms with Crippen LogP contribution in [0.25, 0.3) is 0 Å². The Balaban J connectivity index is 1.83. The van der Waals surface area contributed by atoms with Gasteiger partial charge in [0.05, 0.1) is 10.4 Å². The van der Waals surface area contributed by atoms with Crippen LogP contribution < -0.4 is 24.7 Å². The number of ether oxygens (including phenoxy) is 4. The molecule has 0 radical (unpaired) electrons.